The Morgan fingerprint density at radius 1 is 1.09 bits per heavy atom. The number of benzene rings is 2. The van der Waals surface area contributed by atoms with E-state index in [0.29, 0.717) is 22.8 Å². The molecule has 3 rings (SSSR count). The summed E-state index contributed by atoms with van der Waals surface area (Å²) in [6, 6.07) is 10.7. The molecule has 0 saturated carbocycles. The van der Waals surface area contributed by atoms with Gasteiger partial charge < -0.3 is 0 Å². The van der Waals surface area contributed by atoms with Gasteiger partial charge in [0.25, 0.3) is 10.0 Å². The first-order valence-electron chi connectivity index (χ1n) is 7.10. The number of anilines is 2. The van der Waals surface area contributed by atoms with Crippen LogP contribution in [0.15, 0.2) is 47.4 Å². The highest BCUT2D eigenvalue weighted by Gasteiger charge is 2.42. The van der Waals surface area contributed by atoms with Gasteiger partial charge in [-0.3, -0.25) is 4.90 Å². The number of carbonyl (C=O) groups excluding carboxylic acids is 1. The molecule has 0 bridgehead atoms. The predicted octanol–water partition coefficient (Wildman–Crippen LogP) is 3.80. The van der Waals surface area contributed by atoms with Crippen LogP contribution in [0.4, 0.5) is 16.2 Å². The fraction of sp³-hybridized carbons (Fsp3) is 0.188. The predicted molar refractivity (Wildman–Crippen MR) is 90.7 cm³/mol. The third-order valence-corrected chi connectivity index (χ3v) is 5.75. The summed E-state index contributed by atoms with van der Waals surface area (Å²) in [5, 5.41) is 0.371. The van der Waals surface area contributed by atoms with Gasteiger partial charge in [0.05, 0.1) is 11.4 Å². The van der Waals surface area contributed by atoms with E-state index in [0.717, 1.165) is 4.31 Å². The first kappa shape index (κ1) is 15.8. The fourth-order valence-corrected chi connectivity index (χ4v) is 4.47. The molecule has 0 saturated heterocycles. The van der Waals surface area contributed by atoms with Crippen molar-refractivity contribution in [3.05, 3.63) is 53.1 Å². The molecule has 1 heterocycles. The Hall–Kier alpha value is -2.05. The molecule has 23 heavy (non-hydrogen) atoms. The molecule has 0 radical (unpaired) electrons. The van der Waals surface area contributed by atoms with E-state index in [1.54, 1.807) is 44.2 Å². The van der Waals surface area contributed by atoms with Gasteiger partial charge >= 0.3 is 6.03 Å². The van der Waals surface area contributed by atoms with Crippen molar-refractivity contribution in [2.45, 2.75) is 18.7 Å². The van der Waals surface area contributed by atoms with Crippen LogP contribution >= 0.6 is 11.6 Å². The van der Waals surface area contributed by atoms with Crippen molar-refractivity contribution in [2.75, 3.05) is 15.7 Å². The number of sulfonamides is 1. The Kier molecular flexibility index (Phi) is 3.82. The topological polar surface area (TPSA) is 57.7 Å². The summed E-state index contributed by atoms with van der Waals surface area (Å²) < 4.78 is 26.8. The summed E-state index contributed by atoms with van der Waals surface area (Å²) >= 11 is 6.00. The zero-order valence-electron chi connectivity index (χ0n) is 12.7. The second-order valence-electron chi connectivity index (χ2n) is 5.19. The monoisotopic (exact) mass is 350 g/mol. The molecule has 2 aromatic carbocycles. The molecule has 7 heteroatoms. The molecule has 2 amide bonds. The summed E-state index contributed by atoms with van der Waals surface area (Å²) in [5.74, 6) is 0. The largest absolute Gasteiger partial charge is 0.343 e. The lowest BCUT2D eigenvalue weighted by molar-refractivity contribution is 0.254. The van der Waals surface area contributed by atoms with Gasteiger partial charge in [-0.2, -0.15) is 4.31 Å². The maximum atomic E-state index is 13.0. The second kappa shape index (κ2) is 5.54. The zero-order valence-corrected chi connectivity index (χ0v) is 14.2. The van der Waals surface area contributed by atoms with E-state index >= 15 is 0 Å². The van der Waals surface area contributed by atoms with E-state index in [4.69, 9.17) is 11.6 Å². The highest BCUT2D eigenvalue weighted by atomic mass is 35.5. The zero-order chi connectivity index (χ0) is 16.8. The third kappa shape index (κ3) is 2.38. The van der Waals surface area contributed by atoms with Crippen molar-refractivity contribution in [3.63, 3.8) is 0 Å². The van der Waals surface area contributed by atoms with Crippen molar-refractivity contribution in [1.82, 2.24) is 0 Å². The molecule has 0 aliphatic carbocycles. The molecule has 0 spiro atoms. The molecule has 0 aromatic heterocycles. The molecule has 1 aliphatic heterocycles. The molecule has 2 aromatic rings. The van der Waals surface area contributed by atoms with E-state index < -0.39 is 16.1 Å². The second-order valence-corrected chi connectivity index (χ2v) is 7.39. The number of hydrogen-bond acceptors (Lipinski definition) is 3. The molecule has 5 nitrogen and oxygen atoms in total. The molecule has 1 aliphatic rings. The number of rotatable bonds is 2. The number of hydrogen-bond donors (Lipinski definition) is 0. The number of fused-ring (bicyclic) bond motifs is 1. The lowest BCUT2D eigenvalue weighted by Gasteiger charge is -2.36. The van der Waals surface area contributed by atoms with Crippen LogP contribution in [-0.2, 0) is 10.0 Å². The number of amides is 2. The summed E-state index contributed by atoms with van der Waals surface area (Å²) in [4.78, 5) is 14.4. The Labute approximate surface area is 140 Å². The summed E-state index contributed by atoms with van der Waals surface area (Å²) in [7, 11) is -3.98. The Balaban J connectivity index is 2.30. The van der Waals surface area contributed by atoms with Crippen LogP contribution in [0.1, 0.15) is 12.5 Å². The Bertz CT molecular complexity index is 896. The van der Waals surface area contributed by atoms with Gasteiger partial charge in [-0.15, -0.1) is 0 Å². The molecule has 0 atom stereocenters. The summed E-state index contributed by atoms with van der Waals surface area (Å²) in [5.41, 5.74) is 1.33. The average molecular weight is 351 g/mol. The maximum absolute atomic E-state index is 13.0. The van der Waals surface area contributed by atoms with Crippen LogP contribution in [0, 0.1) is 6.92 Å². The van der Waals surface area contributed by atoms with Crippen LogP contribution in [0.25, 0.3) is 0 Å². The van der Waals surface area contributed by atoms with Gasteiger partial charge in [-0.1, -0.05) is 29.8 Å². The number of urea groups is 1. The highest BCUT2D eigenvalue weighted by molar-refractivity contribution is 7.94. The first-order chi connectivity index (χ1) is 10.9. The average Bonchev–Trinajstić information content (AvgIpc) is 2.51. The SMILES string of the molecule is CCN1C(=O)N(c2cc(Cl)ccc2C)S(=O)(=O)c2ccccc21. The van der Waals surface area contributed by atoms with Crippen LogP contribution in [0.2, 0.25) is 5.02 Å². The molecule has 0 N–H and O–H groups in total. The van der Waals surface area contributed by atoms with Crippen molar-refractivity contribution < 1.29 is 13.2 Å². The number of carbonyl (C=O) groups is 1. The normalized spacial score (nSPS) is 16.4. The van der Waals surface area contributed by atoms with E-state index in [2.05, 4.69) is 0 Å². The molecule has 0 fully saturated rings. The lowest BCUT2D eigenvalue weighted by atomic mass is 10.2. The van der Waals surface area contributed by atoms with Crippen LogP contribution in [0.5, 0.6) is 0 Å². The minimum atomic E-state index is -3.98. The van der Waals surface area contributed by atoms with Gasteiger partial charge in [-0.05, 0) is 43.7 Å². The maximum Gasteiger partial charge on any atom is 0.343 e. The van der Waals surface area contributed by atoms with E-state index in [-0.39, 0.29) is 10.6 Å². The van der Waals surface area contributed by atoms with Gasteiger partial charge in [0.1, 0.15) is 4.90 Å². The smallest absolute Gasteiger partial charge is 0.292 e. The van der Waals surface area contributed by atoms with Crippen LogP contribution in [-0.4, -0.2) is 21.0 Å². The van der Waals surface area contributed by atoms with Crippen molar-refractivity contribution >= 4 is 39.0 Å². The van der Waals surface area contributed by atoms with Crippen molar-refractivity contribution in [3.8, 4) is 0 Å². The molecular weight excluding hydrogens is 336 g/mol. The quantitative estimate of drug-likeness (QED) is 0.827. The number of nitrogens with zero attached hydrogens (tertiary/aromatic N) is 2. The third-order valence-electron chi connectivity index (χ3n) is 3.79. The number of para-hydroxylation sites is 1. The van der Waals surface area contributed by atoms with E-state index in [1.165, 1.54) is 17.0 Å². The van der Waals surface area contributed by atoms with Gasteiger partial charge in [-0.25, -0.2) is 13.2 Å². The highest BCUT2D eigenvalue weighted by Crippen LogP contribution is 2.38. The Morgan fingerprint density at radius 3 is 2.48 bits per heavy atom. The number of aryl methyl sites for hydroxylation is 1. The van der Waals surface area contributed by atoms with Crippen molar-refractivity contribution in [1.29, 1.82) is 0 Å². The van der Waals surface area contributed by atoms with Gasteiger partial charge in [0.15, 0.2) is 0 Å². The van der Waals surface area contributed by atoms with Crippen LogP contribution < -0.4 is 9.21 Å². The summed E-state index contributed by atoms with van der Waals surface area (Å²) in [6.07, 6.45) is 0. The standard InChI is InChI=1S/C16H15ClN2O3S/c1-3-18-13-6-4-5-7-15(13)23(21,22)19(16(18)20)14-10-12(17)9-8-11(14)2/h4-10H,3H2,1-2H3. The molecule has 0 unspecified atom stereocenters. The van der Waals surface area contributed by atoms with Gasteiger partial charge in [0.2, 0.25) is 0 Å². The Morgan fingerprint density at radius 2 is 1.78 bits per heavy atom. The minimum Gasteiger partial charge on any atom is -0.292 e. The first-order valence-corrected chi connectivity index (χ1v) is 8.91. The lowest BCUT2D eigenvalue weighted by Crippen LogP contribution is -2.51. The van der Waals surface area contributed by atoms with Crippen LogP contribution in [0.3, 0.4) is 0 Å². The molecule has 120 valence electrons. The van der Waals surface area contributed by atoms with E-state index in [9.17, 15) is 13.2 Å². The van der Waals surface area contributed by atoms with Gasteiger partial charge in [0, 0.05) is 11.6 Å². The van der Waals surface area contributed by atoms with E-state index in [1.807, 2.05) is 0 Å². The molecular formula is C16H15ClN2O3S. The summed E-state index contributed by atoms with van der Waals surface area (Å²) in [6.45, 7) is 3.91. The fourth-order valence-electron chi connectivity index (χ4n) is 2.65. The number of halogens is 1. The minimum absolute atomic E-state index is 0.112. The van der Waals surface area contributed by atoms with Crippen molar-refractivity contribution in [2.24, 2.45) is 0 Å².